The summed E-state index contributed by atoms with van der Waals surface area (Å²) in [4.78, 5) is 4.17. The molecule has 3 rings (SSSR count). The molecule has 1 saturated carbocycles. The number of hydrogen-bond donors (Lipinski definition) is 1. The molecule has 1 N–H and O–H groups in total. The van der Waals surface area contributed by atoms with E-state index in [0.717, 1.165) is 6.42 Å². The van der Waals surface area contributed by atoms with E-state index in [1.807, 2.05) is 0 Å². The lowest BCUT2D eigenvalue weighted by Crippen LogP contribution is -2.40. The van der Waals surface area contributed by atoms with Crippen molar-refractivity contribution in [1.29, 1.82) is 0 Å². The highest BCUT2D eigenvalue weighted by atomic mass is 19.4. The summed E-state index contributed by atoms with van der Waals surface area (Å²) in [5.74, 6) is -0.269. The normalized spacial score (nSPS) is 18.1. The number of rotatable bonds is 4. The van der Waals surface area contributed by atoms with Gasteiger partial charge in [0.15, 0.2) is 0 Å². The second kappa shape index (κ2) is 5.85. The molecule has 0 saturated heterocycles. The minimum absolute atomic E-state index is 0.269. The monoisotopic (exact) mass is 323 g/mol. The Morgan fingerprint density at radius 1 is 1.13 bits per heavy atom. The summed E-state index contributed by atoms with van der Waals surface area (Å²) < 4.78 is 41.2. The lowest BCUT2D eigenvalue weighted by Gasteiger charge is -2.45. The zero-order valence-electron chi connectivity index (χ0n) is 12.3. The fourth-order valence-corrected chi connectivity index (χ4v) is 3.10. The SMILES string of the molecule is O[C@H](c1ccccn1)C1(c2cccc(OC(F)(F)F)c2)CCC1. The van der Waals surface area contributed by atoms with Crippen molar-refractivity contribution in [2.75, 3.05) is 0 Å². The van der Waals surface area contributed by atoms with Crippen LogP contribution in [0.15, 0.2) is 48.7 Å². The molecule has 1 aliphatic rings. The lowest BCUT2D eigenvalue weighted by molar-refractivity contribution is -0.274. The van der Waals surface area contributed by atoms with Crippen molar-refractivity contribution in [2.24, 2.45) is 0 Å². The lowest BCUT2D eigenvalue weighted by atomic mass is 9.60. The average molecular weight is 323 g/mol. The van der Waals surface area contributed by atoms with Gasteiger partial charge in [0.1, 0.15) is 11.9 Å². The summed E-state index contributed by atoms with van der Waals surface area (Å²) in [6.45, 7) is 0. The molecule has 0 aliphatic heterocycles. The van der Waals surface area contributed by atoms with E-state index >= 15 is 0 Å². The molecule has 1 atom stereocenters. The highest BCUT2D eigenvalue weighted by Crippen LogP contribution is 2.52. The van der Waals surface area contributed by atoms with Gasteiger partial charge in [-0.25, -0.2) is 0 Å². The van der Waals surface area contributed by atoms with Gasteiger partial charge in [-0.1, -0.05) is 24.6 Å². The summed E-state index contributed by atoms with van der Waals surface area (Å²) in [6, 6.07) is 11.1. The first kappa shape index (κ1) is 15.8. The zero-order chi connectivity index (χ0) is 16.5. The molecule has 0 spiro atoms. The molecule has 3 nitrogen and oxygen atoms in total. The van der Waals surface area contributed by atoms with Gasteiger partial charge in [-0.15, -0.1) is 13.2 Å². The van der Waals surface area contributed by atoms with Gasteiger partial charge in [0.05, 0.1) is 5.69 Å². The van der Waals surface area contributed by atoms with Crippen LogP contribution in [-0.2, 0) is 5.41 Å². The van der Waals surface area contributed by atoms with Crippen molar-refractivity contribution in [3.05, 3.63) is 59.9 Å². The molecular weight excluding hydrogens is 307 g/mol. The minimum atomic E-state index is -4.73. The maximum absolute atomic E-state index is 12.4. The standard InChI is InChI=1S/C17H16F3NO2/c18-17(19,20)23-13-6-3-5-12(11-13)16(8-4-9-16)15(22)14-7-1-2-10-21-14/h1-3,5-7,10-11,15,22H,4,8-9H2/t15-/m1/s1. The van der Waals surface area contributed by atoms with Crippen LogP contribution in [0.4, 0.5) is 13.2 Å². The summed E-state index contributed by atoms with van der Waals surface area (Å²) in [5.41, 5.74) is 0.553. The molecule has 0 unspecified atom stereocenters. The molecule has 0 radical (unpaired) electrons. The van der Waals surface area contributed by atoms with Crippen LogP contribution < -0.4 is 4.74 Å². The first-order valence-electron chi connectivity index (χ1n) is 7.36. The van der Waals surface area contributed by atoms with Crippen molar-refractivity contribution in [1.82, 2.24) is 4.98 Å². The van der Waals surface area contributed by atoms with Gasteiger partial charge in [0, 0.05) is 11.6 Å². The van der Waals surface area contributed by atoms with E-state index < -0.39 is 17.9 Å². The number of ether oxygens (including phenoxy) is 1. The van der Waals surface area contributed by atoms with E-state index in [0.29, 0.717) is 24.1 Å². The van der Waals surface area contributed by atoms with Crippen LogP contribution in [0.25, 0.3) is 0 Å². The van der Waals surface area contributed by atoms with Gasteiger partial charge < -0.3 is 9.84 Å². The van der Waals surface area contributed by atoms with E-state index in [1.54, 1.807) is 30.5 Å². The van der Waals surface area contributed by atoms with Crippen LogP contribution in [0.5, 0.6) is 5.75 Å². The van der Waals surface area contributed by atoms with Gasteiger partial charge in [0.2, 0.25) is 0 Å². The zero-order valence-corrected chi connectivity index (χ0v) is 12.3. The average Bonchev–Trinajstić information content (AvgIpc) is 2.45. The summed E-state index contributed by atoms with van der Waals surface area (Å²) in [7, 11) is 0. The van der Waals surface area contributed by atoms with Crippen molar-refractivity contribution in [2.45, 2.75) is 37.1 Å². The van der Waals surface area contributed by atoms with Crippen LogP contribution in [0.3, 0.4) is 0 Å². The molecule has 2 aromatic rings. The van der Waals surface area contributed by atoms with Crippen LogP contribution in [0.2, 0.25) is 0 Å². The van der Waals surface area contributed by atoms with Crippen molar-refractivity contribution < 1.29 is 23.0 Å². The smallest absolute Gasteiger partial charge is 0.406 e. The van der Waals surface area contributed by atoms with E-state index in [1.165, 1.54) is 18.2 Å². The predicted molar refractivity (Wildman–Crippen MR) is 77.9 cm³/mol. The summed E-state index contributed by atoms with van der Waals surface area (Å²) >= 11 is 0. The molecule has 1 aromatic carbocycles. The fourth-order valence-electron chi connectivity index (χ4n) is 3.10. The first-order valence-corrected chi connectivity index (χ1v) is 7.36. The van der Waals surface area contributed by atoms with Crippen molar-refractivity contribution in [3.63, 3.8) is 0 Å². The highest BCUT2D eigenvalue weighted by Gasteiger charge is 2.46. The maximum Gasteiger partial charge on any atom is 0.573 e. The Balaban J connectivity index is 1.93. The van der Waals surface area contributed by atoms with Gasteiger partial charge in [-0.2, -0.15) is 0 Å². The number of pyridine rings is 1. The Hall–Kier alpha value is -2.08. The number of aliphatic hydroxyl groups is 1. The van der Waals surface area contributed by atoms with E-state index in [9.17, 15) is 18.3 Å². The van der Waals surface area contributed by atoms with E-state index in [4.69, 9.17) is 0 Å². The summed E-state index contributed by atoms with van der Waals surface area (Å²) in [6.07, 6.45) is -1.70. The third-order valence-electron chi connectivity index (χ3n) is 4.38. The number of hydrogen-bond acceptors (Lipinski definition) is 3. The molecule has 1 fully saturated rings. The maximum atomic E-state index is 12.4. The molecule has 122 valence electrons. The van der Waals surface area contributed by atoms with Gasteiger partial charge >= 0.3 is 6.36 Å². The van der Waals surface area contributed by atoms with E-state index in [2.05, 4.69) is 9.72 Å². The largest absolute Gasteiger partial charge is 0.573 e. The number of nitrogens with zero attached hydrogens (tertiary/aromatic N) is 1. The van der Waals surface area contributed by atoms with Crippen molar-refractivity contribution >= 4 is 0 Å². The first-order chi connectivity index (χ1) is 10.9. The predicted octanol–water partition coefficient (Wildman–Crippen LogP) is 4.14. The Bertz CT molecular complexity index is 669. The molecule has 23 heavy (non-hydrogen) atoms. The van der Waals surface area contributed by atoms with Gasteiger partial charge in [-0.3, -0.25) is 4.98 Å². The number of halogens is 3. The number of benzene rings is 1. The third kappa shape index (κ3) is 3.17. The molecule has 6 heteroatoms. The van der Waals surface area contributed by atoms with Crippen LogP contribution >= 0.6 is 0 Å². The Kier molecular flexibility index (Phi) is 4.02. The minimum Gasteiger partial charge on any atom is -0.406 e. The van der Waals surface area contributed by atoms with Crippen LogP contribution in [0, 0.1) is 0 Å². The van der Waals surface area contributed by atoms with Crippen molar-refractivity contribution in [3.8, 4) is 5.75 Å². The molecule has 0 bridgehead atoms. The summed E-state index contributed by atoms with van der Waals surface area (Å²) in [5, 5.41) is 10.7. The Morgan fingerprint density at radius 2 is 1.91 bits per heavy atom. The fraction of sp³-hybridized carbons (Fsp3) is 0.353. The van der Waals surface area contributed by atoms with Gasteiger partial charge in [0.25, 0.3) is 0 Å². The molecule has 0 amide bonds. The van der Waals surface area contributed by atoms with Crippen LogP contribution in [0.1, 0.15) is 36.6 Å². The number of alkyl halides is 3. The second-order valence-electron chi connectivity index (χ2n) is 5.74. The Labute approximate surface area is 131 Å². The number of aromatic nitrogens is 1. The van der Waals surface area contributed by atoms with E-state index in [-0.39, 0.29) is 5.75 Å². The third-order valence-corrected chi connectivity index (χ3v) is 4.38. The quantitative estimate of drug-likeness (QED) is 0.920. The molecule has 1 heterocycles. The Morgan fingerprint density at radius 3 is 2.48 bits per heavy atom. The topological polar surface area (TPSA) is 42.4 Å². The second-order valence-corrected chi connectivity index (χ2v) is 5.74. The van der Waals surface area contributed by atoms with Crippen LogP contribution in [-0.4, -0.2) is 16.5 Å². The van der Waals surface area contributed by atoms with Gasteiger partial charge in [-0.05, 0) is 42.7 Å². The molecule has 1 aliphatic carbocycles. The number of aliphatic hydroxyl groups excluding tert-OH is 1. The highest BCUT2D eigenvalue weighted by molar-refractivity contribution is 5.38. The molecular formula is C17H16F3NO2. The molecule has 1 aromatic heterocycles.